The van der Waals surface area contributed by atoms with Crippen molar-refractivity contribution >= 4 is 12.0 Å². The first-order valence-electron chi connectivity index (χ1n) is 8.31. The van der Waals surface area contributed by atoms with E-state index >= 15 is 0 Å². The third kappa shape index (κ3) is 5.66. The number of aliphatic carboxylic acids is 1. The normalized spacial score (nSPS) is 19.6. The fourth-order valence-electron chi connectivity index (χ4n) is 2.79. The van der Waals surface area contributed by atoms with Crippen LogP contribution in [0.25, 0.3) is 0 Å². The van der Waals surface area contributed by atoms with Crippen LogP contribution in [-0.2, 0) is 4.79 Å². The van der Waals surface area contributed by atoms with E-state index in [-0.39, 0.29) is 6.54 Å². The molecule has 0 aliphatic carbocycles. The van der Waals surface area contributed by atoms with Crippen LogP contribution in [0.1, 0.15) is 6.42 Å². The quantitative estimate of drug-likeness (QED) is 0.698. The Morgan fingerprint density at radius 1 is 1.22 bits per heavy atom. The van der Waals surface area contributed by atoms with Gasteiger partial charge in [-0.15, -0.1) is 0 Å². The van der Waals surface area contributed by atoms with Gasteiger partial charge in [0.25, 0.3) is 0 Å². The number of hydrogen-bond acceptors (Lipinski definition) is 4. The third-order valence-electron chi connectivity index (χ3n) is 4.27. The van der Waals surface area contributed by atoms with E-state index in [1.165, 1.54) is 0 Å². The minimum Gasteiger partial charge on any atom is -0.497 e. The summed E-state index contributed by atoms with van der Waals surface area (Å²) in [6.45, 7) is -0.627. The summed E-state index contributed by atoms with van der Waals surface area (Å²) in [5, 5.41) is 11.4. The number of nitrogens with one attached hydrogen (secondary N) is 1. The molecule has 1 aliphatic heterocycles. The second-order valence-electron chi connectivity index (χ2n) is 6.11. The maximum Gasteiger partial charge on any atom is 0.394 e. The van der Waals surface area contributed by atoms with E-state index in [1.54, 1.807) is 31.4 Å². The number of hydrogen-bond donors (Lipinski definition) is 2. The van der Waals surface area contributed by atoms with Crippen LogP contribution in [0.15, 0.2) is 24.3 Å². The Kier molecular flexibility index (Phi) is 6.75. The number of benzene rings is 1. The number of carbonyl (C=O) groups is 2. The molecule has 2 amide bonds. The summed E-state index contributed by atoms with van der Waals surface area (Å²) in [4.78, 5) is 23.9. The van der Waals surface area contributed by atoms with Crippen molar-refractivity contribution in [3.8, 4) is 11.5 Å². The zero-order valence-corrected chi connectivity index (χ0v) is 14.7. The highest BCUT2D eigenvalue weighted by Gasteiger charge is 2.53. The number of carboxylic acids is 1. The lowest BCUT2D eigenvalue weighted by Crippen LogP contribution is -2.40. The molecular weight excluding hydrogens is 369 g/mol. The van der Waals surface area contributed by atoms with Crippen molar-refractivity contribution in [2.45, 2.75) is 12.6 Å². The molecule has 0 unspecified atom stereocenters. The molecule has 0 bridgehead atoms. The van der Waals surface area contributed by atoms with Crippen molar-refractivity contribution in [1.82, 2.24) is 10.2 Å². The Hall–Kier alpha value is -2.65. The lowest BCUT2D eigenvalue weighted by molar-refractivity contribution is -0.187. The zero-order valence-electron chi connectivity index (χ0n) is 14.7. The Morgan fingerprint density at radius 3 is 2.37 bits per heavy atom. The highest BCUT2D eigenvalue weighted by Crippen LogP contribution is 2.37. The molecule has 1 heterocycles. The molecule has 10 heteroatoms. The lowest BCUT2D eigenvalue weighted by Gasteiger charge is -2.18. The van der Waals surface area contributed by atoms with Crippen molar-refractivity contribution in [2.24, 2.45) is 11.8 Å². The molecule has 2 N–H and O–H groups in total. The Labute approximate surface area is 154 Å². The number of carbonyl (C=O) groups excluding carboxylic acids is 1. The topological polar surface area (TPSA) is 88.1 Å². The van der Waals surface area contributed by atoms with Gasteiger partial charge in [-0.1, -0.05) is 0 Å². The van der Waals surface area contributed by atoms with Crippen LogP contribution in [0.3, 0.4) is 0 Å². The van der Waals surface area contributed by atoms with Crippen molar-refractivity contribution in [3.63, 3.8) is 0 Å². The van der Waals surface area contributed by atoms with Gasteiger partial charge in [-0.05, 0) is 30.7 Å². The number of nitrogens with zero attached hydrogens (tertiary/aromatic N) is 1. The van der Waals surface area contributed by atoms with Gasteiger partial charge in [0.1, 0.15) is 11.5 Å². The minimum absolute atomic E-state index is 0.194. The molecule has 2 atom stereocenters. The molecule has 1 fully saturated rings. The van der Waals surface area contributed by atoms with Gasteiger partial charge in [-0.3, -0.25) is 4.79 Å². The van der Waals surface area contributed by atoms with Gasteiger partial charge in [-0.2, -0.15) is 13.2 Å². The van der Waals surface area contributed by atoms with Crippen LogP contribution in [0, 0.1) is 11.8 Å². The average molecular weight is 390 g/mol. The lowest BCUT2D eigenvalue weighted by atomic mass is 9.96. The van der Waals surface area contributed by atoms with Crippen molar-refractivity contribution in [1.29, 1.82) is 0 Å². The van der Waals surface area contributed by atoms with Crippen LogP contribution < -0.4 is 14.8 Å². The van der Waals surface area contributed by atoms with Crippen LogP contribution in [-0.4, -0.2) is 61.5 Å². The summed E-state index contributed by atoms with van der Waals surface area (Å²) >= 11 is 0. The predicted molar refractivity (Wildman–Crippen MR) is 88.7 cm³/mol. The largest absolute Gasteiger partial charge is 0.497 e. The molecule has 27 heavy (non-hydrogen) atoms. The highest BCUT2D eigenvalue weighted by molar-refractivity contribution is 5.77. The maximum absolute atomic E-state index is 12.9. The molecule has 1 aromatic carbocycles. The first-order valence-corrected chi connectivity index (χ1v) is 8.31. The minimum atomic E-state index is -4.66. The zero-order chi connectivity index (χ0) is 20.0. The van der Waals surface area contributed by atoms with E-state index in [1.807, 2.05) is 0 Å². The van der Waals surface area contributed by atoms with Crippen LogP contribution >= 0.6 is 0 Å². The Bertz CT molecular complexity index is 651. The van der Waals surface area contributed by atoms with Gasteiger partial charge in [0.15, 0.2) is 0 Å². The predicted octanol–water partition coefficient (Wildman–Crippen LogP) is 2.37. The second kappa shape index (κ2) is 8.83. The molecule has 0 aromatic heterocycles. The van der Waals surface area contributed by atoms with E-state index in [9.17, 15) is 22.8 Å². The summed E-state index contributed by atoms with van der Waals surface area (Å²) in [5.41, 5.74) is 0. The highest BCUT2D eigenvalue weighted by atomic mass is 19.4. The molecule has 2 rings (SSSR count). The van der Waals surface area contributed by atoms with E-state index in [0.29, 0.717) is 24.5 Å². The fourth-order valence-corrected chi connectivity index (χ4v) is 2.79. The number of halogens is 3. The Balaban J connectivity index is 1.73. The molecule has 1 aromatic rings. The molecule has 0 spiro atoms. The average Bonchev–Trinajstić information content (AvgIpc) is 3.08. The number of ether oxygens (including phenoxy) is 2. The summed E-state index contributed by atoms with van der Waals surface area (Å²) in [5.74, 6) is -3.94. The van der Waals surface area contributed by atoms with Crippen molar-refractivity contribution < 1.29 is 37.3 Å². The van der Waals surface area contributed by atoms with Gasteiger partial charge < -0.3 is 24.8 Å². The monoisotopic (exact) mass is 390 g/mol. The SMILES string of the molecule is COc1ccc(OCCCNC(=O)N2C[C@@H](C(F)(F)F)[C@H](C(=O)O)C2)cc1. The van der Waals surface area contributed by atoms with Gasteiger partial charge >= 0.3 is 18.2 Å². The van der Waals surface area contributed by atoms with Crippen LogP contribution in [0.2, 0.25) is 0 Å². The van der Waals surface area contributed by atoms with Crippen LogP contribution in [0.4, 0.5) is 18.0 Å². The van der Waals surface area contributed by atoms with E-state index in [0.717, 1.165) is 4.90 Å². The van der Waals surface area contributed by atoms with Crippen molar-refractivity contribution in [3.05, 3.63) is 24.3 Å². The van der Waals surface area contributed by atoms with E-state index in [2.05, 4.69) is 5.32 Å². The summed E-state index contributed by atoms with van der Waals surface area (Å²) in [7, 11) is 1.55. The van der Waals surface area contributed by atoms with Gasteiger partial charge in [-0.25, -0.2) is 4.79 Å². The number of likely N-dealkylation sites (tertiary alicyclic amines) is 1. The maximum atomic E-state index is 12.9. The molecule has 7 nitrogen and oxygen atoms in total. The Morgan fingerprint density at radius 2 is 1.85 bits per heavy atom. The summed E-state index contributed by atoms with van der Waals surface area (Å²) in [6, 6.07) is 6.22. The molecule has 1 aliphatic rings. The number of amides is 2. The summed E-state index contributed by atoms with van der Waals surface area (Å²) < 4.78 is 49.3. The summed E-state index contributed by atoms with van der Waals surface area (Å²) in [6.07, 6.45) is -4.22. The van der Waals surface area contributed by atoms with Crippen molar-refractivity contribution in [2.75, 3.05) is 33.4 Å². The molecule has 1 saturated heterocycles. The van der Waals surface area contributed by atoms with E-state index in [4.69, 9.17) is 14.6 Å². The number of methoxy groups -OCH3 is 1. The number of urea groups is 1. The molecule has 150 valence electrons. The van der Waals surface area contributed by atoms with Gasteiger partial charge in [0, 0.05) is 19.6 Å². The van der Waals surface area contributed by atoms with Gasteiger partial charge in [0.05, 0.1) is 25.6 Å². The first kappa shape index (κ1) is 20.7. The molecule has 0 radical (unpaired) electrons. The number of carboxylic acid groups (broad SMARTS) is 1. The number of alkyl halides is 3. The molecule has 0 saturated carbocycles. The van der Waals surface area contributed by atoms with Crippen LogP contribution in [0.5, 0.6) is 11.5 Å². The van der Waals surface area contributed by atoms with Gasteiger partial charge in [0.2, 0.25) is 0 Å². The third-order valence-corrected chi connectivity index (χ3v) is 4.27. The fraction of sp³-hybridized carbons (Fsp3) is 0.529. The van der Waals surface area contributed by atoms with E-state index < -0.39 is 43.1 Å². The number of rotatable bonds is 7. The first-order chi connectivity index (χ1) is 12.7. The molecular formula is C17H21F3N2O5. The second-order valence-corrected chi connectivity index (χ2v) is 6.11. The smallest absolute Gasteiger partial charge is 0.394 e. The standard InChI is InChI=1S/C17H21F3N2O5/c1-26-11-3-5-12(6-4-11)27-8-2-7-21-16(25)22-9-13(15(23)24)14(10-22)17(18,19)20/h3-6,13-14H,2,7-10H2,1H3,(H,21,25)(H,23,24)/t13-,14-/m1/s1.